The molecule has 5 nitrogen and oxygen atoms in total. The predicted molar refractivity (Wildman–Crippen MR) is 314 cm³/mol. The summed E-state index contributed by atoms with van der Waals surface area (Å²) in [6.45, 7) is 18.6. The van der Waals surface area contributed by atoms with E-state index in [2.05, 4.69) is 264 Å². The van der Waals surface area contributed by atoms with Gasteiger partial charge in [-0.05, 0) is 161 Å². The van der Waals surface area contributed by atoms with Gasteiger partial charge < -0.3 is 23.9 Å². The van der Waals surface area contributed by atoms with Gasteiger partial charge in [0.25, 0.3) is 6.71 Å². The van der Waals surface area contributed by atoms with Crippen molar-refractivity contribution in [3.8, 4) is 22.6 Å². The number of hydrogen-bond acceptors (Lipinski definition) is 5. The van der Waals surface area contributed by atoms with Gasteiger partial charge in [-0.25, -0.2) is 0 Å². The molecule has 9 aromatic carbocycles. The monoisotopic (exact) mass is 973 g/mol. The number of para-hydroxylation sites is 4. The summed E-state index contributed by atoms with van der Waals surface area (Å²) in [7, 11) is 0. The van der Waals surface area contributed by atoms with E-state index in [0.717, 1.165) is 97.5 Å². The van der Waals surface area contributed by atoms with E-state index in [1.165, 1.54) is 50.1 Å². The zero-order valence-electron chi connectivity index (χ0n) is 44.1. The third kappa shape index (κ3) is 6.84. The molecule has 4 heterocycles. The Bertz CT molecular complexity index is 3870. The highest BCUT2D eigenvalue weighted by atomic mass is 16.5. The van der Waals surface area contributed by atoms with E-state index in [1.807, 2.05) is 0 Å². The minimum Gasteiger partial charge on any atom is -0.468 e. The van der Waals surface area contributed by atoms with Crippen molar-refractivity contribution in [2.24, 2.45) is 0 Å². The first kappa shape index (κ1) is 45.4. The summed E-state index contributed by atoms with van der Waals surface area (Å²) in [5, 5.41) is 1.13. The second-order valence-corrected chi connectivity index (χ2v) is 23.3. The van der Waals surface area contributed by atoms with Gasteiger partial charge in [-0.15, -0.1) is 0 Å². The smallest absolute Gasteiger partial charge is 0.297 e. The van der Waals surface area contributed by atoms with Crippen molar-refractivity contribution in [2.45, 2.75) is 84.5 Å². The van der Waals surface area contributed by atoms with Crippen LogP contribution in [0.2, 0.25) is 0 Å². The highest BCUT2D eigenvalue weighted by Gasteiger charge is 2.50. The van der Waals surface area contributed by atoms with E-state index in [1.54, 1.807) is 0 Å². The first-order valence-corrected chi connectivity index (χ1v) is 26.7. The maximum absolute atomic E-state index is 7.70. The van der Waals surface area contributed by atoms with Crippen LogP contribution in [0.1, 0.15) is 87.8 Å². The molecule has 10 aromatic rings. The molecule has 0 saturated carbocycles. The Balaban J connectivity index is 1.14. The molecule has 0 saturated heterocycles. The second kappa shape index (κ2) is 16.4. The number of furan rings is 1. The molecular formula is C69H60BN3O2. The Hall–Kier alpha value is -8.22. The molecule has 0 fully saturated rings. The average molecular weight is 974 g/mol. The second-order valence-electron chi connectivity index (χ2n) is 23.3. The molecule has 0 N–H and O–H groups in total. The standard InChI is InChI=1S/C69H60BN3O2/c1-43-21-20-22-44(2)64(43)73-57-40-55-62(74-60-30-19-18-29-52(60)69(55,7)8)42-56(57)70-63-58(37-50(38-59(63)73)71(47-25-14-10-15-26-47)48-27-16-11-17-28-48)72(49-33-31-46(32-34-49)45-23-12-9-13-24-45)65-51-39-53-54(41-61(51)75-66(65)70)68(5,6)36-35-67(53,3)4/h9-34,37-42H,35-36H2,1-8H3. The number of nitrogens with zero attached hydrogens (tertiary/aromatic N) is 3. The maximum Gasteiger partial charge on any atom is 0.297 e. The molecule has 14 rings (SSSR count). The van der Waals surface area contributed by atoms with Crippen LogP contribution in [0.25, 0.3) is 22.1 Å². The van der Waals surface area contributed by atoms with Crippen molar-refractivity contribution in [1.82, 2.24) is 0 Å². The van der Waals surface area contributed by atoms with Crippen LogP contribution in [0.4, 0.5) is 51.2 Å². The molecule has 4 aliphatic rings. The predicted octanol–water partition coefficient (Wildman–Crippen LogP) is 17.0. The summed E-state index contributed by atoms with van der Waals surface area (Å²) in [6.07, 6.45) is 2.23. The lowest BCUT2D eigenvalue weighted by molar-refractivity contribution is 0.332. The molecule has 3 aliphatic heterocycles. The van der Waals surface area contributed by atoms with Crippen LogP contribution in [0.5, 0.6) is 11.5 Å². The van der Waals surface area contributed by atoms with Gasteiger partial charge in [0.05, 0.1) is 22.7 Å². The summed E-state index contributed by atoms with van der Waals surface area (Å²) in [6, 6.07) is 71.4. The first-order valence-electron chi connectivity index (χ1n) is 26.7. The minimum atomic E-state index is -0.352. The Morgan fingerprint density at radius 3 is 1.69 bits per heavy atom. The molecule has 1 aliphatic carbocycles. The van der Waals surface area contributed by atoms with Gasteiger partial charge in [0.2, 0.25) is 0 Å². The van der Waals surface area contributed by atoms with Crippen molar-refractivity contribution in [2.75, 3.05) is 14.7 Å². The lowest BCUT2D eigenvalue weighted by Crippen LogP contribution is -2.61. The van der Waals surface area contributed by atoms with E-state index in [0.29, 0.717) is 0 Å². The molecule has 0 spiro atoms. The van der Waals surface area contributed by atoms with Crippen molar-refractivity contribution in [3.63, 3.8) is 0 Å². The van der Waals surface area contributed by atoms with Gasteiger partial charge in [-0.3, -0.25) is 0 Å². The number of benzene rings is 9. The lowest BCUT2D eigenvalue weighted by Gasteiger charge is -2.45. The molecule has 366 valence electrons. The fraction of sp³-hybridized carbons (Fsp3) is 0.188. The van der Waals surface area contributed by atoms with Crippen LogP contribution in [-0.4, -0.2) is 6.71 Å². The fourth-order valence-corrected chi connectivity index (χ4v) is 13.3. The van der Waals surface area contributed by atoms with Gasteiger partial charge in [0.15, 0.2) is 0 Å². The molecule has 0 amide bonds. The van der Waals surface area contributed by atoms with Gasteiger partial charge in [0.1, 0.15) is 17.1 Å². The molecule has 0 atom stereocenters. The maximum atomic E-state index is 7.70. The minimum absolute atomic E-state index is 0.00843. The highest BCUT2D eigenvalue weighted by molar-refractivity contribution is 7.00. The topological polar surface area (TPSA) is 32.1 Å². The van der Waals surface area contributed by atoms with Gasteiger partial charge >= 0.3 is 0 Å². The number of fused-ring (bicyclic) bond motifs is 9. The Morgan fingerprint density at radius 2 is 1.04 bits per heavy atom. The van der Waals surface area contributed by atoms with Crippen molar-refractivity contribution in [3.05, 3.63) is 228 Å². The van der Waals surface area contributed by atoms with E-state index in [-0.39, 0.29) is 23.0 Å². The number of aryl methyl sites for hydroxylation is 2. The molecule has 75 heavy (non-hydrogen) atoms. The molecule has 0 bridgehead atoms. The molecule has 6 heteroatoms. The zero-order valence-corrected chi connectivity index (χ0v) is 44.1. The number of hydrogen-bond donors (Lipinski definition) is 0. The summed E-state index contributed by atoms with van der Waals surface area (Å²) in [5.41, 5.74) is 23.6. The quantitative estimate of drug-likeness (QED) is 0.155. The normalized spacial score (nSPS) is 16.0. The van der Waals surface area contributed by atoms with Crippen LogP contribution in [-0.2, 0) is 16.2 Å². The lowest BCUT2D eigenvalue weighted by atomic mass is 9.35. The average Bonchev–Trinajstić information content (AvgIpc) is 4.04. The van der Waals surface area contributed by atoms with Crippen molar-refractivity contribution >= 4 is 85.5 Å². The van der Waals surface area contributed by atoms with Gasteiger partial charge in [-0.1, -0.05) is 157 Å². The fourth-order valence-electron chi connectivity index (χ4n) is 13.3. The Labute approximate surface area is 441 Å². The molecule has 0 radical (unpaired) electrons. The summed E-state index contributed by atoms with van der Waals surface area (Å²) in [5.74, 6) is 1.79. The van der Waals surface area contributed by atoms with E-state index in [9.17, 15) is 0 Å². The third-order valence-electron chi connectivity index (χ3n) is 17.4. The number of rotatable bonds is 6. The summed E-state index contributed by atoms with van der Waals surface area (Å²) in [4.78, 5) is 7.54. The largest absolute Gasteiger partial charge is 0.468 e. The molecule has 0 unspecified atom stereocenters. The number of anilines is 9. The molecule has 1 aromatic heterocycles. The third-order valence-corrected chi connectivity index (χ3v) is 17.4. The van der Waals surface area contributed by atoms with Crippen LogP contribution in [0.3, 0.4) is 0 Å². The first-order chi connectivity index (χ1) is 36.3. The number of ether oxygens (including phenoxy) is 1. The van der Waals surface area contributed by atoms with Crippen LogP contribution in [0, 0.1) is 13.8 Å². The Kier molecular flexibility index (Phi) is 9.92. The van der Waals surface area contributed by atoms with Crippen LogP contribution in [0.15, 0.2) is 199 Å². The zero-order chi connectivity index (χ0) is 51.1. The summed E-state index contributed by atoms with van der Waals surface area (Å²) < 4.78 is 14.8. The van der Waals surface area contributed by atoms with E-state index in [4.69, 9.17) is 9.15 Å². The van der Waals surface area contributed by atoms with Gasteiger partial charge in [0, 0.05) is 56.1 Å². The van der Waals surface area contributed by atoms with Crippen molar-refractivity contribution < 1.29 is 9.15 Å². The van der Waals surface area contributed by atoms with Crippen LogP contribution < -0.4 is 36.0 Å². The van der Waals surface area contributed by atoms with E-state index >= 15 is 0 Å². The summed E-state index contributed by atoms with van der Waals surface area (Å²) >= 11 is 0. The highest BCUT2D eigenvalue weighted by Crippen LogP contribution is 2.55. The van der Waals surface area contributed by atoms with E-state index < -0.39 is 0 Å². The van der Waals surface area contributed by atoms with Crippen LogP contribution >= 0.6 is 0 Å². The molecular weight excluding hydrogens is 914 g/mol. The SMILES string of the molecule is Cc1cccc(C)c1N1c2cc3c(cc2B2c4oc5cc6c(cc5c4N(c4ccc(-c5ccccc5)cc4)c4cc(N(c5ccccc5)c5ccccc5)cc1c42)C(C)(C)CCC6(C)C)Oc1ccccc1C3(C)C. The Morgan fingerprint density at radius 1 is 0.467 bits per heavy atom. The van der Waals surface area contributed by atoms with Crippen molar-refractivity contribution in [1.29, 1.82) is 0 Å². The van der Waals surface area contributed by atoms with Gasteiger partial charge in [-0.2, -0.15) is 0 Å².